The van der Waals surface area contributed by atoms with Gasteiger partial charge in [-0.25, -0.2) is 0 Å². The zero-order valence-electron chi connectivity index (χ0n) is 19.6. The summed E-state index contributed by atoms with van der Waals surface area (Å²) in [6.45, 7) is 0. The van der Waals surface area contributed by atoms with Crippen LogP contribution in [0.25, 0.3) is 32.7 Å². The molecule has 0 bridgehead atoms. The molecular weight excluding hydrogens is 1520 g/mol. The van der Waals surface area contributed by atoms with E-state index in [9.17, 15) is 10.2 Å². The van der Waals surface area contributed by atoms with Crippen LogP contribution in [0.4, 0.5) is 0 Å². The van der Waals surface area contributed by atoms with Crippen molar-refractivity contribution in [1.82, 2.24) is 0 Å². The van der Waals surface area contributed by atoms with E-state index < -0.39 is 0 Å². The van der Waals surface area contributed by atoms with Crippen LogP contribution < -0.4 is 0 Å². The van der Waals surface area contributed by atoms with Crippen LogP contribution in [0.5, 0.6) is 11.5 Å². The number of aromatic hydroxyl groups is 2. The third-order valence-electron chi connectivity index (χ3n) is 3.78. The Hall–Kier alpha value is 12.5. The van der Waals surface area contributed by atoms with Crippen molar-refractivity contribution in [2.45, 2.75) is 0 Å². The van der Waals surface area contributed by atoms with Crippen molar-refractivity contribution in [2.24, 2.45) is 0 Å². The fraction of sp³-hybridized carbons (Fsp3) is 0. The maximum absolute atomic E-state index is 10.3. The third-order valence-corrected chi connectivity index (χ3v) is 3.78. The van der Waals surface area contributed by atoms with Gasteiger partial charge in [0.2, 0.25) is 0 Å². The molecule has 0 aliphatic carbocycles. The summed E-state index contributed by atoms with van der Waals surface area (Å²) in [7, 11) is 0. The number of fused-ring (bicyclic) bond motifs is 2. The molecule has 0 heterocycles. The zero-order chi connectivity index (χ0) is 15.1. The Morgan fingerprint density at radius 2 is 0.694 bits per heavy atom. The van der Waals surface area contributed by atoms with Gasteiger partial charge in [0.25, 0.3) is 0 Å². The van der Waals surface area contributed by atoms with E-state index in [1.807, 2.05) is 24.3 Å². The van der Waals surface area contributed by atoms with Crippen molar-refractivity contribution < 1.29 is 468 Å². The van der Waals surface area contributed by atoms with E-state index in [2.05, 4.69) is 24.3 Å². The third kappa shape index (κ3) is 23.1. The molecule has 4 aromatic carbocycles. The van der Waals surface area contributed by atoms with Gasteiger partial charge in [0.15, 0.2) is 0 Å². The summed E-state index contributed by atoms with van der Waals surface area (Å²) in [6, 6.07) is 26.1. The first-order valence-electron chi connectivity index (χ1n) is 6.83. The Morgan fingerprint density at radius 3 is 0.972 bits per heavy atom. The molecule has 148 valence electrons. The standard InChI is InChI=1S/C20H10O2.14Y/c21-17-11-9-13-5-1-3-7-15(13)19(17)20-16-8-4-2-6-14(16)10-12-18(20)22;;;;;;;;;;;;;;/h3-10,21-22H;;;;;;;;;;;;;;/q-4;;;;;;;;;;;;;;. The second kappa shape index (κ2) is 43.6. The number of phenolic OH excluding ortho intramolecular Hbond substituents is 2. The maximum atomic E-state index is 10.3. The minimum absolute atomic E-state index is 0. The molecule has 36 heavy (non-hydrogen) atoms. The Bertz CT molecular complexity index is 954. The summed E-state index contributed by atoms with van der Waals surface area (Å²) in [4.78, 5) is 0. The Kier molecular flexibility index (Phi) is 94.2. The van der Waals surface area contributed by atoms with Crippen molar-refractivity contribution in [3.63, 3.8) is 0 Å². The normalized spacial score (nSPS) is 6.78. The Labute approximate surface area is 567 Å². The smallest absolute Gasteiger partial charge is 0 e. The van der Waals surface area contributed by atoms with Crippen LogP contribution in [-0.2, 0) is 458 Å². The van der Waals surface area contributed by atoms with Crippen LogP contribution in [0.2, 0.25) is 0 Å². The number of phenols is 2. The largest absolute Gasteiger partial charge is 0.534 e. The van der Waals surface area contributed by atoms with E-state index in [4.69, 9.17) is 0 Å². The SMILES string of the molecule is Oc1[c-]cc2c[c-]ccc2c1-c1c(O)[c-]cc2c[c-]ccc12.[Y].[Y].[Y].[Y].[Y].[Y].[Y].[Y].[Y].[Y].[Y].[Y].[Y].[Y]. The predicted molar refractivity (Wildman–Crippen MR) is 85.6 cm³/mol. The van der Waals surface area contributed by atoms with Crippen LogP contribution in [-0.4, -0.2) is 10.2 Å². The van der Waals surface area contributed by atoms with Gasteiger partial charge < -0.3 is 10.2 Å². The van der Waals surface area contributed by atoms with E-state index in [0.717, 1.165) is 21.5 Å². The van der Waals surface area contributed by atoms with Crippen molar-refractivity contribution in [3.05, 3.63) is 72.8 Å². The number of hydrogen-bond donors (Lipinski definition) is 2. The first-order chi connectivity index (χ1) is 10.8. The Balaban J connectivity index is -0.0000000496. The van der Waals surface area contributed by atoms with Gasteiger partial charge in [-0.2, -0.15) is 82.2 Å². The molecule has 0 atom stereocenters. The number of hydrogen-bond acceptors (Lipinski definition) is 2. The average molecular weight is 1530 g/mol. The van der Waals surface area contributed by atoms with Crippen molar-refractivity contribution in [3.8, 4) is 22.6 Å². The van der Waals surface area contributed by atoms with E-state index in [1.54, 1.807) is 24.3 Å². The van der Waals surface area contributed by atoms with E-state index in [0.29, 0.717) is 11.1 Å². The zero-order valence-corrected chi connectivity index (χ0v) is 59.3. The molecule has 0 aromatic heterocycles. The minimum Gasteiger partial charge on any atom is -0.534 e. The monoisotopic (exact) mass is 1530 g/mol. The molecule has 0 amide bonds. The summed E-state index contributed by atoms with van der Waals surface area (Å²) in [6.07, 6.45) is 0. The molecule has 0 saturated heterocycles. The minimum atomic E-state index is 0. The number of benzene rings is 4. The molecule has 0 saturated carbocycles. The summed E-state index contributed by atoms with van der Waals surface area (Å²) in [5.41, 5.74) is 1.11. The van der Waals surface area contributed by atoms with E-state index in [-0.39, 0.29) is 469 Å². The van der Waals surface area contributed by atoms with Crippen LogP contribution >= 0.6 is 0 Å². The summed E-state index contributed by atoms with van der Waals surface area (Å²) in [5, 5.41) is 24.2. The molecule has 0 fully saturated rings. The van der Waals surface area contributed by atoms with Crippen LogP contribution in [0.3, 0.4) is 0 Å². The second-order valence-electron chi connectivity index (χ2n) is 5.05. The molecule has 16 heteroatoms. The van der Waals surface area contributed by atoms with Crippen LogP contribution in [0.15, 0.2) is 48.5 Å². The molecule has 0 aliphatic heterocycles. The van der Waals surface area contributed by atoms with Gasteiger partial charge in [0.1, 0.15) is 0 Å². The fourth-order valence-electron chi connectivity index (χ4n) is 2.78. The van der Waals surface area contributed by atoms with Gasteiger partial charge >= 0.3 is 0 Å². The molecular formula is C20H10O2Y14-4. The molecule has 2 N–H and O–H groups in total. The fourth-order valence-corrected chi connectivity index (χ4v) is 2.78. The molecule has 0 aliphatic rings. The Morgan fingerprint density at radius 1 is 0.417 bits per heavy atom. The van der Waals surface area contributed by atoms with E-state index in [1.165, 1.54) is 0 Å². The molecule has 2 nitrogen and oxygen atoms in total. The van der Waals surface area contributed by atoms with Gasteiger partial charge in [-0.1, -0.05) is 0 Å². The summed E-state index contributed by atoms with van der Waals surface area (Å²) < 4.78 is 0. The first kappa shape index (κ1) is 77.8. The van der Waals surface area contributed by atoms with Crippen LogP contribution in [0.1, 0.15) is 0 Å². The van der Waals surface area contributed by atoms with Gasteiger partial charge in [0, 0.05) is 458 Å². The quantitative estimate of drug-likeness (QED) is 0.281. The van der Waals surface area contributed by atoms with E-state index >= 15 is 0 Å². The summed E-state index contributed by atoms with van der Waals surface area (Å²) in [5.74, 6) is 0.00506. The van der Waals surface area contributed by atoms with Gasteiger partial charge in [-0.3, -0.25) is 0 Å². The topological polar surface area (TPSA) is 40.5 Å². The molecule has 0 spiro atoms. The maximum Gasteiger partial charge on any atom is 0 e. The van der Waals surface area contributed by atoms with Crippen molar-refractivity contribution >= 4 is 21.5 Å². The second-order valence-corrected chi connectivity index (χ2v) is 5.05. The molecule has 4 rings (SSSR count). The van der Waals surface area contributed by atoms with Crippen molar-refractivity contribution in [2.75, 3.05) is 0 Å². The first-order valence-corrected chi connectivity index (χ1v) is 6.83. The number of rotatable bonds is 1. The van der Waals surface area contributed by atoms with Gasteiger partial charge in [-0.15, -0.1) is 23.3 Å². The molecule has 4 aromatic rings. The summed E-state index contributed by atoms with van der Waals surface area (Å²) >= 11 is 0. The molecule has 0 unspecified atom stereocenters. The van der Waals surface area contributed by atoms with Gasteiger partial charge in [-0.05, 0) is 11.5 Å². The predicted octanol–water partition coefficient (Wildman–Crippen LogP) is 4.24. The van der Waals surface area contributed by atoms with Crippen LogP contribution in [0, 0.1) is 24.3 Å². The average Bonchev–Trinajstić information content (AvgIpc) is 2.56. The van der Waals surface area contributed by atoms with Gasteiger partial charge in [0.05, 0.1) is 0 Å². The molecule has 14 radical (unpaired) electrons. The van der Waals surface area contributed by atoms with Crippen molar-refractivity contribution in [1.29, 1.82) is 0 Å².